The van der Waals surface area contributed by atoms with E-state index < -0.39 is 6.10 Å². The molecule has 2 heterocycles. The number of piperidine rings is 1. The van der Waals surface area contributed by atoms with Crippen molar-refractivity contribution in [2.75, 3.05) is 11.4 Å². The Morgan fingerprint density at radius 1 is 1.14 bits per heavy atom. The molecule has 1 aromatic heterocycles. The number of nitrogens with zero attached hydrogens (tertiary/aromatic N) is 2. The third kappa shape index (κ3) is 6.79. The van der Waals surface area contributed by atoms with Gasteiger partial charge < -0.3 is 20.3 Å². The van der Waals surface area contributed by atoms with E-state index in [1.807, 2.05) is 12.1 Å². The number of carbonyl (C=O) groups excluding carboxylic acids is 2. The summed E-state index contributed by atoms with van der Waals surface area (Å²) in [5, 5.41) is 7.03. The van der Waals surface area contributed by atoms with E-state index in [2.05, 4.69) is 27.4 Å². The Kier molecular flexibility index (Phi) is 8.39. The van der Waals surface area contributed by atoms with Crippen molar-refractivity contribution >= 4 is 40.8 Å². The minimum atomic E-state index is -0.688. The third-order valence-corrected chi connectivity index (χ3v) is 7.00. The van der Waals surface area contributed by atoms with Gasteiger partial charge in [0, 0.05) is 35.9 Å². The molecule has 1 saturated heterocycles. The molecule has 1 aromatic carbocycles. The minimum Gasteiger partial charge on any atom is -0.479 e. The van der Waals surface area contributed by atoms with Crippen LogP contribution in [0.4, 0.5) is 5.82 Å². The standard InChI is InChI=1S/C26H32Cl2N4O3/c1-3-4-21-14-20(31-25(33)16(2)35-23-9-6-18(27)13-22(23)28)11-12-32(21)24-10-5-17(15-29-24)26(34)30-19-7-8-19/h5-6,9-10,13,15-16,19-21H,3-4,7-8,11-12,14H2,1-2H3,(H,30,34)(H,31,33). The Bertz CT molecular complexity index is 1050. The maximum Gasteiger partial charge on any atom is 0.260 e. The zero-order chi connectivity index (χ0) is 24.9. The molecule has 0 bridgehead atoms. The maximum absolute atomic E-state index is 12.8. The second-order valence-electron chi connectivity index (χ2n) is 9.35. The lowest BCUT2D eigenvalue weighted by molar-refractivity contribution is -0.128. The number of amides is 2. The van der Waals surface area contributed by atoms with Crippen LogP contribution in [0, 0.1) is 0 Å². The van der Waals surface area contributed by atoms with Gasteiger partial charge in [0.05, 0.1) is 10.6 Å². The molecule has 0 radical (unpaired) electrons. The van der Waals surface area contributed by atoms with E-state index in [-0.39, 0.29) is 23.9 Å². The number of halogens is 2. The molecule has 4 rings (SSSR count). The van der Waals surface area contributed by atoms with Gasteiger partial charge in [-0.2, -0.15) is 0 Å². The molecule has 9 heteroatoms. The molecular formula is C26H32Cl2N4O3. The van der Waals surface area contributed by atoms with E-state index in [4.69, 9.17) is 27.9 Å². The van der Waals surface area contributed by atoms with Crippen molar-refractivity contribution in [1.82, 2.24) is 15.6 Å². The fraction of sp³-hybridized carbons (Fsp3) is 0.500. The average Bonchev–Trinajstić information content (AvgIpc) is 3.65. The number of nitrogens with one attached hydrogen (secondary N) is 2. The van der Waals surface area contributed by atoms with Gasteiger partial charge in [-0.15, -0.1) is 0 Å². The SMILES string of the molecule is CCCC1CC(NC(=O)C(C)Oc2ccc(Cl)cc2Cl)CCN1c1ccc(C(=O)NC2CC2)cn1. The number of ether oxygens (including phenoxy) is 1. The average molecular weight is 519 g/mol. The maximum atomic E-state index is 12.8. The first kappa shape index (κ1) is 25.6. The fourth-order valence-electron chi connectivity index (χ4n) is 4.41. The quantitative estimate of drug-likeness (QED) is 0.487. The second kappa shape index (κ2) is 11.5. The molecule has 2 aliphatic rings. The van der Waals surface area contributed by atoms with Crippen LogP contribution in [-0.2, 0) is 4.79 Å². The monoisotopic (exact) mass is 518 g/mol. The van der Waals surface area contributed by atoms with Crippen LogP contribution in [0.3, 0.4) is 0 Å². The summed E-state index contributed by atoms with van der Waals surface area (Å²) >= 11 is 12.1. The van der Waals surface area contributed by atoms with Crippen molar-refractivity contribution in [2.45, 2.75) is 76.6 Å². The van der Waals surface area contributed by atoms with Gasteiger partial charge in [0.15, 0.2) is 6.10 Å². The summed E-state index contributed by atoms with van der Waals surface area (Å²) in [5.74, 6) is 1.06. The second-order valence-corrected chi connectivity index (χ2v) is 10.2. The summed E-state index contributed by atoms with van der Waals surface area (Å²) in [6, 6.07) is 9.32. The van der Waals surface area contributed by atoms with Gasteiger partial charge >= 0.3 is 0 Å². The van der Waals surface area contributed by atoms with E-state index in [1.54, 1.807) is 31.3 Å². The number of hydrogen-bond donors (Lipinski definition) is 2. The lowest BCUT2D eigenvalue weighted by Crippen LogP contribution is -2.52. The topological polar surface area (TPSA) is 83.6 Å². The number of pyridine rings is 1. The molecule has 3 atom stereocenters. The van der Waals surface area contributed by atoms with Gasteiger partial charge in [-0.3, -0.25) is 9.59 Å². The molecule has 0 spiro atoms. The highest BCUT2D eigenvalue weighted by Gasteiger charge is 2.31. The van der Waals surface area contributed by atoms with Gasteiger partial charge in [-0.05, 0) is 69.4 Å². The lowest BCUT2D eigenvalue weighted by atomic mass is 9.93. The molecule has 35 heavy (non-hydrogen) atoms. The third-order valence-electron chi connectivity index (χ3n) is 6.47. The lowest BCUT2D eigenvalue weighted by Gasteiger charge is -2.40. The molecular weight excluding hydrogens is 487 g/mol. The highest BCUT2D eigenvalue weighted by atomic mass is 35.5. The van der Waals surface area contributed by atoms with Crippen LogP contribution < -0.4 is 20.3 Å². The van der Waals surface area contributed by atoms with Crippen molar-refractivity contribution in [3.63, 3.8) is 0 Å². The highest BCUT2D eigenvalue weighted by Crippen LogP contribution is 2.29. The molecule has 2 amide bonds. The van der Waals surface area contributed by atoms with Gasteiger partial charge in [0.2, 0.25) is 0 Å². The normalized spacial score (nSPS) is 20.7. The van der Waals surface area contributed by atoms with E-state index in [0.717, 1.165) is 50.9 Å². The van der Waals surface area contributed by atoms with E-state index in [1.165, 1.54) is 0 Å². The largest absolute Gasteiger partial charge is 0.479 e. The molecule has 2 N–H and O–H groups in total. The highest BCUT2D eigenvalue weighted by molar-refractivity contribution is 6.35. The number of carbonyl (C=O) groups is 2. The van der Waals surface area contributed by atoms with Crippen LogP contribution in [0.5, 0.6) is 5.75 Å². The van der Waals surface area contributed by atoms with Crippen LogP contribution >= 0.6 is 23.2 Å². The van der Waals surface area contributed by atoms with E-state index in [0.29, 0.717) is 27.4 Å². The Hall–Kier alpha value is -2.51. The number of anilines is 1. The first-order valence-electron chi connectivity index (χ1n) is 12.3. The van der Waals surface area contributed by atoms with E-state index >= 15 is 0 Å². The number of benzene rings is 1. The number of hydrogen-bond acceptors (Lipinski definition) is 5. The summed E-state index contributed by atoms with van der Waals surface area (Å²) in [6.07, 6.45) is 6.72. The van der Waals surface area contributed by atoms with Crippen molar-refractivity contribution < 1.29 is 14.3 Å². The fourth-order valence-corrected chi connectivity index (χ4v) is 4.86. The molecule has 188 valence electrons. The summed E-state index contributed by atoms with van der Waals surface area (Å²) < 4.78 is 5.77. The first-order chi connectivity index (χ1) is 16.8. The van der Waals surface area contributed by atoms with Crippen LogP contribution in [-0.4, -0.2) is 47.6 Å². The predicted molar refractivity (Wildman–Crippen MR) is 138 cm³/mol. The summed E-state index contributed by atoms with van der Waals surface area (Å²) in [4.78, 5) is 32.0. The Balaban J connectivity index is 1.34. The van der Waals surface area contributed by atoms with Gasteiger partial charge in [-0.1, -0.05) is 36.5 Å². The van der Waals surface area contributed by atoms with Crippen molar-refractivity contribution in [3.05, 3.63) is 52.1 Å². The summed E-state index contributed by atoms with van der Waals surface area (Å²) in [5.41, 5.74) is 0.588. The molecule has 1 aliphatic carbocycles. The van der Waals surface area contributed by atoms with Crippen LogP contribution in [0.1, 0.15) is 62.7 Å². The van der Waals surface area contributed by atoms with Gasteiger partial charge in [-0.25, -0.2) is 4.98 Å². The van der Waals surface area contributed by atoms with Crippen LogP contribution in [0.15, 0.2) is 36.5 Å². The minimum absolute atomic E-state index is 0.0469. The van der Waals surface area contributed by atoms with E-state index in [9.17, 15) is 9.59 Å². The van der Waals surface area contributed by atoms with Crippen LogP contribution in [0.2, 0.25) is 10.0 Å². The Labute approximate surface area is 216 Å². The molecule has 2 aromatic rings. The van der Waals surface area contributed by atoms with Crippen molar-refractivity contribution in [1.29, 1.82) is 0 Å². The van der Waals surface area contributed by atoms with Crippen LogP contribution in [0.25, 0.3) is 0 Å². The first-order valence-corrected chi connectivity index (χ1v) is 13.0. The molecule has 1 saturated carbocycles. The zero-order valence-corrected chi connectivity index (χ0v) is 21.6. The Morgan fingerprint density at radius 2 is 1.94 bits per heavy atom. The molecule has 3 unspecified atom stereocenters. The zero-order valence-electron chi connectivity index (χ0n) is 20.1. The van der Waals surface area contributed by atoms with Crippen molar-refractivity contribution in [2.24, 2.45) is 0 Å². The number of rotatable bonds is 9. The number of aromatic nitrogens is 1. The van der Waals surface area contributed by atoms with Gasteiger partial charge in [0.25, 0.3) is 11.8 Å². The summed E-state index contributed by atoms with van der Waals surface area (Å²) in [7, 11) is 0. The summed E-state index contributed by atoms with van der Waals surface area (Å²) in [6.45, 7) is 4.64. The molecule has 1 aliphatic heterocycles. The molecule has 2 fully saturated rings. The smallest absolute Gasteiger partial charge is 0.260 e. The Morgan fingerprint density at radius 3 is 2.60 bits per heavy atom. The van der Waals surface area contributed by atoms with Crippen molar-refractivity contribution in [3.8, 4) is 5.75 Å². The predicted octanol–water partition coefficient (Wildman–Crippen LogP) is 5.00. The molecule has 7 nitrogen and oxygen atoms in total. The van der Waals surface area contributed by atoms with Gasteiger partial charge in [0.1, 0.15) is 11.6 Å².